The van der Waals surface area contributed by atoms with Gasteiger partial charge in [0.15, 0.2) is 5.43 Å². The van der Waals surface area contributed by atoms with Gasteiger partial charge >= 0.3 is 0 Å². The Morgan fingerprint density at radius 1 is 1.08 bits per heavy atom. The molecule has 3 heterocycles. The molecular formula is C20H15ClN2O2S. The van der Waals surface area contributed by atoms with Crippen LogP contribution in [-0.2, 0) is 4.74 Å². The lowest BCUT2D eigenvalue weighted by molar-refractivity contribution is 0.122. The van der Waals surface area contributed by atoms with Gasteiger partial charge in [0.05, 0.1) is 28.8 Å². The largest absolute Gasteiger partial charge is 0.378 e. The molecule has 0 atom stereocenters. The van der Waals surface area contributed by atoms with Gasteiger partial charge in [0, 0.05) is 34.2 Å². The molecule has 0 unspecified atom stereocenters. The maximum Gasteiger partial charge on any atom is 0.196 e. The highest BCUT2D eigenvalue weighted by Gasteiger charge is 2.16. The fourth-order valence-electron chi connectivity index (χ4n) is 3.53. The first kappa shape index (κ1) is 16.0. The zero-order chi connectivity index (χ0) is 17.7. The van der Waals surface area contributed by atoms with E-state index in [2.05, 4.69) is 16.0 Å². The molecule has 0 saturated carbocycles. The Labute approximate surface area is 158 Å². The van der Waals surface area contributed by atoms with Crippen molar-refractivity contribution in [1.29, 1.82) is 0 Å². The van der Waals surface area contributed by atoms with E-state index in [1.54, 1.807) is 0 Å². The van der Waals surface area contributed by atoms with Crippen molar-refractivity contribution in [3.8, 4) is 0 Å². The number of morpholine rings is 1. The average molecular weight is 383 g/mol. The summed E-state index contributed by atoms with van der Waals surface area (Å²) in [6.07, 6.45) is 0. The molecule has 1 saturated heterocycles. The molecule has 26 heavy (non-hydrogen) atoms. The number of anilines is 1. The van der Waals surface area contributed by atoms with Crippen LogP contribution in [0.3, 0.4) is 0 Å². The third-order valence-electron chi connectivity index (χ3n) is 4.83. The third kappa shape index (κ3) is 2.47. The van der Waals surface area contributed by atoms with Crippen LogP contribution in [0, 0.1) is 0 Å². The van der Waals surface area contributed by atoms with Gasteiger partial charge in [0.25, 0.3) is 0 Å². The highest BCUT2D eigenvalue weighted by Crippen LogP contribution is 2.34. The van der Waals surface area contributed by atoms with Crippen LogP contribution >= 0.6 is 22.9 Å². The summed E-state index contributed by atoms with van der Waals surface area (Å²) in [5, 5.41) is 2.64. The molecule has 0 bridgehead atoms. The van der Waals surface area contributed by atoms with E-state index in [-0.39, 0.29) is 5.43 Å². The van der Waals surface area contributed by atoms with Crippen LogP contribution in [0.5, 0.6) is 0 Å². The first-order chi connectivity index (χ1) is 12.7. The molecule has 130 valence electrons. The Balaban J connectivity index is 1.84. The average Bonchev–Trinajstić information content (AvgIpc) is 2.69. The van der Waals surface area contributed by atoms with Gasteiger partial charge in [-0.1, -0.05) is 29.8 Å². The molecule has 1 aliphatic heterocycles. The van der Waals surface area contributed by atoms with Crippen molar-refractivity contribution in [1.82, 2.24) is 4.98 Å². The molecule has 6 heteroatoms. The molecule has 0 spiro atoms. The van der Waals surface area contributed by atoms with Gasteiger partial charge < -0.3 is 9.64 Å². The molecule has 4 nitrogen and oxygen atoms in total. The van der Waals surface area contributed by atoms with Crippen molar-refractivity contribution in [2.45, 2.75) is 0 Å². The lowest BCUT2D eigenvalue weighted by atomic mass is 10.1. The normalized spacial score (nSPS) is 15.2. The van der Waals surface area contributed by atoms with Crippen molar-refractivity contribution in [3.63, 3.8) is 0 Å². The Hall–Kier alpha value is -2.21. The fourth-order valence-corrected chi connectivity index (χ4v) is 4.88. The quantitative estimate of drug-likeness (QED) is 0.277. The van der Waals surface area contributed by atoms with Crippen LogP contribution < -0.4 is 10.3 Å². The Morgan fingerprint density at radius 3 is 2.73 bits per heavy atom. The summed E-state index contributed by atoms with van der Waals surface area (Å²) in [5.74, 6) is 0. The van der Waals surface area contributed by atoms with Gasteiger partial charge in [-0.3, -0.25) is 4.79 Å². The van der Waals surface area contributed by atoms with Crippen LogP contribution in [0.2, 0.25) is 5.15 Å². The second-order valence-corrected chi connectivity index (χ2v) is 7.75. The maximum atomic E-state index is 13.4. The number of nitrogens with zero attached hydrogens (tertiary/aromatic N) is 2. The van der Waals surface area contributed by atoms with E-state index in [1.807, 2.05) is 36.4 Å². The number of benzene rings is 2. The molecule has 0 N–H and O–H groups in total. The van der Waals surface area contributed by atoms with Crippen LogP contribution in [-0.4, -0.2) is 31.3 Å². The molecule has 2 aromatic heterocycles. The van der Waals surface area contributed by atoms with Gasteiger partial charge in [-0.05, 0) is 24.3 Å². The number of halogens is 1. The van der Waals surface area contributed by atoms with E-state index in [0.717, 1.165) is 44.5 Å². The molecule has 1 aliphatic rings. The second kappa shape index (κ2) is 6.20. The van der Waals surface area contributed by atoms with Crippen molar-refractivity contribution < 1.29 is 4.74 Å². The monoisotopic (exact) mass is 382 g/mol. The van der Waals surface area contributed by atoms with Gasteiger partial charge in [-0.15, -0.1) is 11.3 Å². The Morgan fingerprint density at radius 2 is 1.88 bits per heavy atom. The summed E-state index contributed by atoms with van der Waals surface area (Å²) in [6.45, 7) is 3.12. The third-order valence-corrected chi connectivity index (χ3v) is 6.39. The van der Waals surface area contributed by atoms with Crippen molar-refractivity contribution in [3.05, 3.63) is 57.8 Å². The van der Waals surface area contributed by atoms with E-state index in [9.17, 15) is 4.79 Å². The number of hydrogen-bond donors (Lipinski definition) is 0. The molecule has 0 amide bonds. The predicted octanol–water partition coefficient (Wildman–Crippen LogP) is 4.45. The summed E-state index contributed by atoms with van der Waals surface area (Å²) in [5.41, 5.74) is 1.83. The molecule has 0 aliphatic carbocycles. The SMILES string of the molecule is O=c1c2cc(N3CCOCC3)ccc2sc2c(Cl)nc3ccccc3c12. The van der Waals surface area contributed by atoms with Crippen molar-refractivity contribution >= 4 is 59.7 Å². The minimum absolute atomic E-state index is 0.0179. The fraction of sp³-hybridized carbons (Fsp3) is 0.200. The zero-order valence-corrected chi connectivity index (χ0v) is 15.4. The minimum atomic E-state index is 0.0179. The van der Waals surface area contributed by atoms with Crippen molar-refractivity contribution in [2.24, 2.45) is 0 Å². The van der Waals surface area contributed by atoms with Crippen LogP contribution in [0.1, 0.15) is 0 Å². The molecular weight excluding hydrogens is 368 g/mol. The summed E-state index contributed by atoms with van der Waals surface area (Å²) >= 11 is 7.92. The predicted molar refractivity (Wildman–Crippen MR) is 109 cm³/mol. The number of pyridine rings is 1. The van der Waals surface area contributed by atoms with Gasteiger partial charge in [0.2, 0.25) is 0 Å². The molecule has 2 aromatic carbocycles. The van der Waals surface area contributed by atoms with Crippen LogP contribution in [0.4, 0.5) is 5.69 Å². The van der Waals surface area contributed by atoms with Crippen molar-refractivity contribution in [2.75, 3.05) is 31.2 Å². The van der Waals surface area contributed by atoms with E-state index in [0.29, 0.717) is 23.8 Å². The summed E-state index contributed by atoms with van der Waals surface area (Å²) in [4.78, 5) is 20.1. The zero-order valence-electron chi connectivity index (χ0n) is 13.9. The summed E-state index contributed by atoms with van der Waals surface area (Å²) < 4.78 is 7.11. The standard InChI is InChI=1S/C20H15ClN2O2S/c21-20-19-17(13-3-1-2-4-15(13)22-20)18(24)14-11-12(5-6-16(14)26-19)23-7-9-25-10-8-23/h1-6,11H,7-10H2. The molecule has 4 aromatic rings. The minimum Gasteiger partial charge on any atom is -0.378 e. The molecule has 5 rings (SSSR count). The Bertz CT molecular complexity index is 1220. The Kier molecular flexibility index (Phi) is 3.81. The maximum absolute atomic E-state index is 13.4. The van der Waals surface area contributed by atoms with Crippen LogP contribution in [0.25, 0.3) is 31.1 Å². The number of ether oxygens (including phenoxy) is 1. The van der Waals surface area contributed by atoms with Gasteiger partial charge in [-0.2, -0.15) is 0 Å². The van der Waals surface area contributed by atoms with E-state index < -0.39 is 0 Å². The topological polar surface area (TPSA) is 42.4 Å². The molecule has 0 radical (unpaired) electrons. The van der Waals surface area contributed by atoms with Crippen LogP contribution in [0.15, 0.2) is 47.3 Å². The van der Waals surface area contributed by atoms with E-state index in [1.165, 1.54) is 11.3 Å². The first-order valence-electron chi connectivity index (χ1n) is 8.50. The number of hydrogen-bond acceptors (Lipinski definition) is 5. The highest BCUT2D eigenvalue weighted by molar-refractivity contribution is 7.25. The second-order valence-electron chi connectivity index (χ2n) is 6.33. The van der Waals surface area contributed by atoms with E-state index >= 15 is 0 Å². The number of aromatic nitrogens is 1. The lowest BCUT2D eigenvalue weighted by Gasteiger charge is -2.29. The number of para-hydroxylation sites is 1. The lowest BCUT2D eigenvalue weighted by Crippen LogP contribution is -2.36. The summed E-state index contributed by atoms with van der Waals surface area (Å²) in [7, 11) is 0. The number of fused-ring (bicyclic) bond motifs is 4. The van der Waals surface area contributed by atoms with E-state index in [4.69, 9.17) is 16.3 Å². The summed E-state index contributed by atoms with van der Waals surface area (Å²) in [6, 6.07) is 13.7. The molecule has 1 fully saturated rings. The number of rotatable bonds is 1. The van der Waals surface area contributed by atoms with Gasteiger partial charge in [0.1, 0.15) is 5.15 Å². The highest BCUT2D eigenvalue weighted by atomic mass is 35.5. The smallest absolute Gasteiger partial charge is 0.196 e. The van der Waals surface area contributed by atoms with Gasteiger partial charge in [-0.25, -0.2) is 4.98 Å². The first-order valence-corrected chi connectivity index (χ1v) is 9.69.